The average Bonchev–Trinajstić information content (AvgIpc) is 3.04. The maximum absolute atomic E-state index is 10.6. The molecule has 0 aromatic carbocycles. The van der Waals surface area contributed by atoms with E-state index in [2.05, 4.69) is 10.2 Å². The van der Waals surface area contributed by atoms with Gasteiger partial charge in [0.15, 0.2) is 5.76 Å². The standard InChI is InChI=1S/C13H17N3O4/c1-9(2)16(6-5-12(17)18)8-11-14-15-13(20-11)10-4-3-7-19-10/h3-4,7,9H,5-6,8H2,1-2H3,(H,17,18). The molecule has 0 bridgehead atoms. The van der Waals surface area contributed by atoms with Crippen LogP contribution in [0.25, 0.3) is 11.7 Å². The third-order valence-electron chi connectivity index (χ3n) is 2.88. The highest BCUT2D eigenvalue weighted by molar-refractivity contribution is 5.66. The van der Waals surface area contributed by atoms with Crippen LogP contribution in [0.2, 0.25) is 0 Å². The molecule has 0 fully saturated rings. The Morgan fingerprint density at radius 1 is 1.45 bits per heavy atom. The van der Waals surface area contributed by atoms with Crippen LogP contribution >= 0.6 is 0 Å². The molecule has 0 amide bonds. The number of carboxylic acids is 1. The molecule has 0 aliphatic carbocycles. The Hall–Kier alpha value is -2.15. The van der Waals surface area contributed by atoms with Crippen molar-refractivity contribution in [3.63, 3.8) is 0 Å². The molecule has 0 aliphatic rings. The first-order chi connectivity index (χ1) is 9.56. The molecule has 2 aromatic rings. The van der Waals surface area contributed by atoms with Gasteiger partial charge >= 0.3 is 5.97 Å². The fraction of sp³-hybridized carbons (Fsp3) is 0.462. The highest BCUT2D eigenvalue weighted by Crippen LogP contribution is 2.18. The van der Waals surface area contributed by atoms with Crippen molar-refractivity contribution in [2.75, 3.05) is 6.54 Å². The van der Waals surface area contributed by atoms with Crippen molar-refractivity contribution < 1.29 is 18.7 Å². The normalized spacial score (nSPS) is 11.4. The van der Waals surface area contributed by atoms with E-state index in [9.17, 15) is 4.79 Å². The molecule has 0 spiro atoms. The molecule has 0 aliphatic heterocycles. The van der Waals surface area contributed by atoms with Gasteiger partial charge in [-0.2, -0.15) is 0 Å². The van der Waals surface area contributed by atoms with Gasteiger partial charge in [-0.05, 0) is 26.0 Å². The maximum Gasteiger partial charge on any atom is 0.304 e. The van der Waals surface area contributed by atoms with Crippen molar-refractivity contribution in [3.8, 4) is 11.7 Å². The topological polar surface area (TPSA) is 92.6 Å². The van der Waals surface area contributed by atoms with Crippen LogP contribution in [0.5, 0.6) is 0 Å². The molecule has 0 radical (unpaired) electrons. The second-order valence-electron chi connectivity index (χ2n) is 4.69. The highest BCUT2D eigenvalue weighted by Gasteiger charge is 2.17. The van der Waals surface area contributed by atoms with E-state index < -0.39 is 5.97 Å². The van der Waals surface area contributed by atoms with Gasteiger partial charge in [-0.25, -0.2) is 0 Å². The summed E-state index contributed by atoms with van der Waals surface area (Å²) in [7, 11) is 0. The minimum Gasteiger partial charge on any atom is -0.481 e. The Morgan fingerprint density at radius 3 is 2.85 bits per heavy atom. The summed E-state index contributed by atoms with van der Waals surface area (Å²) in [6, 6.07) is 3.67. The van der Waals surface area contributed by atoms with Gasteiger partial charge in [0.05, 0.1) is 19.2 Å². The molecule has 7 heteroatoms. The van der Waals surface area contributed by atoms with Gasteiger partial charge in [0.25, 0.3) is 5.89 Å². The molecule has 108 valence electrons. The zero-order valence-corrected chi connectivity index (χ0v) is 11.4. The minimum atomic E-state index is -0.822. The summed E-state index contributed by atoms with van der Waals surface area (Å²) < 4.78 is 10.7. The van der Waals surface area contributed by atoms with Gasteiger partial charge in [-0.3, -0.25) is 9.69 Å². The number of hydrogen-bond acceptors (Lipinski definition) is 6. The van der Waals surface area contributed by atoms with Crippen LogP contribution in [0.1, 0.15) is 26.2 Å². The highest BCUT2D eigenvalue weighted by atomic mass is 16.4. The van der Waals surface area contributed by atoms with Crippen molar-refractivity contribution in [3.05, 3.63) is 24.3 Å². The van der Waals surface area contributed by atoms with Crippen molar-refractivity contribution in [2.45, 2.75) is 32.9 Å². The number of carboxylic acid groups (broad SMARTS) is 1. The zero-order chi connectivity index (χ0) is 14.5. The molecule has 0 saturated carbocycles. The van der Waals surface area contributed by atoms with Crippen molar-refractivity contribution >= 4 is 5.97 Å². The van der Waals surface area contributed by atoms with Crippen LogP contribution < -0.4 is 0 Å². The molecule has 0 atom stereocenters. The Labute approximate surface area is 116 Å². The number of furan rings is 1. The Morgan fingerprint density at radius 2 is 2.25 bits per heavy atom. The van der Waals surface area contributed by atoms with Crippen LogP contribution in [-0.2, 0) is 11.3 Å². The number of rotatable bonds is 7. The van der Waals surface area contributed by atoms with Crippen molar-refractivity contribution in [1.82, 2.24) is 15.1 Å². The monoisotopic (exact) mass is 279 g/mol. The first-order valence-corrected chi connectivity index (χ1v) is 6.38. The third kappa shape index (κ3) is 3.67. The molecule has 0 unspecified atom stereocenters. The molecular weight excluding hydrogens is 262 g/mol. The number of aliphatic carboxylic acids is 1. The molecule has 2 heterocycles. The molecule has 7 nitrogen and oxygen atoms in total. The van der Waals surface area contributed by atoms with E-state index in [1.54, 1.807) is 12.1 Å². The number of hydrogen-bond donors (Lipinski definition) is 1. The lowest BCUT2D eigenvalue weighted by atomic mass is 10.3. The molecule has 2 rings (SSSR count). The Kier molecular flexibility index (Phi) is 4.52. The zero-order valence-electron chi connectivity index (χ0n) is 11.4. The summed E-state index contributed by atoms with van der Waals surface area (Å²) in [5.41, 5.74) is 0. The van der Waals surface area contributed by atoms with Crippen molar-refractivity contribution in [2.24, 2.45) is 0 Å². The van der Waals surface area contributed by atoms with E-state index in [0.29, 0.717) is 30.6 Å². The van der Waals surface area contributed by atoms with E-state index in [1.165, 1.54) is 6.26 Å². The lowest BCUT2D eigenvalue weighted by molar-refractivity contribution is -0.137. The second kappa shape index (κ2) is 6.33. The van der Waals surface area contributed by atoms with Crippen LogP contribution in [0.4, 0.5) is 0 Å². The van der Waals surface area contributed by atoms with E-state index in [1.807, 2.05) is 18.7 Å². The molecule has 20 heavy (non-hydrogen) atoms. The molecule has 1 N–H and O–H groups in total. The summed E-state index contributed by atoms with van der Waals surface area (Å²) in [6.45, 7) is 4.83. The predicted octanol–water partition coefficient (Wildman–Crippen LogP) is 2.01. The van der Waals surface area contributed by atoms with Gasteiger partial charge in [-0.15, -0.1) is 10.2 Å². The van der Waals surface area contributed by atoms with Gasteiger partial charge in [0.2, 0.25) is 5.89 Å². The van der Waals surface area contributed by atoms with Crippen LogP contribution in [0, 0.1) is 0 Å². The van der Waals surface area contributed by atoms with Crippen LogP contribution in [0.3, 0.4) is 0 Å². The number of aromatic nitrogens is 2. The van der Waals surface area contributed by atoms with Crippen LogP contribution in [0.15, 0.2) is 27.2 Å². The lowest BCUT2D eigenvalue weighted by Gasteiger charge is -2.23. The Bertz CT molecular complexity index is 548. The van der Waals surface area contributed by atoms with Gasteiger partial charge in [-0.1, -0.05) is 0 Å². The first-order valence-electron chi connectivity index (χ1n) is 6.38. The third-order valence-corrected chi connectivity index (χ3v) is 2.88. The number of nitrogens with zero attached hydrogens (tertiary/aromatic N) is 3. The summed E-state index contributed by atoms with van der Waals surface area (Å²) in [6.07, 6.45) is 1.61. The quantitative estimate of drug-likeness (QED) is 0.828. The maximum atomic E-state index is 10.6. The summed E-state index contributed by atoms with van der Waals surface area (Å²) >= 11 is 0. The molecule has 2 aromatic heterocycles. The Balaban J connectivity index is 2.01. The van der Waals surface area contributed by atoms with E-state index in [4.69, 9.17) is 13.9 Å². The van der Waals surface area contributed by atoms with Crippen molar-refractivity contribution in [1.29, 1.82) is 0 Å². The lowest BCUT2D eigenvalue weighted by Crippen LogP contribution is -2.32. The fourth-order valence-electron chi connectivity index (χ4n) is 1.75. The summed E-state index contributed by atoms with van der Waals surface area (Å²) in [5.74, 6) is 0.463. The summed E-state index contributed by atoms with van der Waals surface area (Å²) in [5, 5.41) is 16.6. The van der Waals surface area contributed by atoms with E-state index >= 15 is 0 Å². The van der Waals surface area contributed by atoms with Gasteiger partial charge in [0.1, 0.15) is 0 Å². The minimum absolute atomic E-state index is 0.0807. The van der Waals surface area contributed by atoms with E-state index in [-0.39, 0.29) is 12.5 Å². The number of carbonyl (C=O) groups is 1. The van der Waals surface area contributed by atoms with Gasteiger partial charge < -0.3 is 13.9 Å². The molecular formula is C13H17N3O4. The molecule has 0 saturated heterocycles. The fourth-order valence-corrected chi connectivity index (χ4v) is 1.75. The predicted molar refractivity (Wildman–Crippen MR) is 69.8 cm³/mol. The smallest absolute Gasteiger partial charge is 0.304 e. The SMILES string of the molecule is CC(C)N(CCC(=O)O)Cc1nnc(-c2ccco2)o1. The van der Waals surface area contributed by atoms with Crippen LogP contribution in [-0.4, -0.2) is 38.8 Å². The van der Waals surface area contributed by atoms with Gasteiger partial charge in [0, 0.05) is 12.6 Å². The largest absolute Gasteiger partial charge is 0.481 e. The van der Waals surface area contributed by atoms with E-state index in [0.717, 1.165) is 0 Å². The average molecular weight is 279 g/mol. The summed E-state index contributed by atoms with van der Waals surface area (Å²) in [4.78, 5) is 12.6. The first kappa shape index (κ1) is 14.3. The second-order valence-corrected chi connectivity index (χ2v) is 4.69.